The topological polar surface area (TPSA) is 58.6 Å². The highest BCUT2D eigenvalue weighted by molar-refractivity contribution is 7.80. The smallest absolute Gasteiger partial charge is 0.270 e. The van der Waals surface area contributed by atoms with Crippen LogP contribution in [0.4, 0.5) is 5.69 Å². The van der Waals surface area contributed by atoms with E-state index in [1.165, 1.54) is 6.08 Å². The number of thiocarbonyl (C=S) groups is 1. The molecule has 2 amide bonds. The standard InChI is InChI=1S/C21H17Cl3N2O3S/c1-3-11(2)29-17-8-7-12(10-15(17)23)9-13-19(27)25-21(30)26(20(13)28)16-6-4-5-14(22)18(16)24/h4-11H,3H2,1-2H3,(H,25,27,30)/b13-9+/t11-/m0/s1. The zero-order valence-electron chi connectivity index (χ0n) is 16.0. The molecule has 0 spiro atoms. The molecule has 1 aliphatic rings. The first kappa shape index (κ1) is 22.6. The highest BCUT2D eigenvalue weighted by atomic mass is 35.5. The van der Waals surface area contributed by atoms with Gasteiger partial charge in [-0.2, -0.15) is 0 Å². The average molecular weight is 484 g/mol. The van der Waals surface area contributed by atoms with Crippen molar-refractivity contribution in [2.75, 3.05) is 4.90 Å². The molecule has 1 saturated heterocycles. The van der Waals surface area contributed by atoms with Crippen LogP contribution < -0.4 is 15.0 Å². The SMILES string of the molecule is CC[C@H](C)Oc1ccc(/C=C2\C(=O)NC(=S)N(c3cccc(Cl)c3Cl)C2=O)cc1Cl. The normalized spacial score (nSPS) is 16.6. The molecular weight excluding hydrogens is 467 g/mol. The Bertz CT molecular complexity index is 1070. The summed E-state index contributed by atoms with van der Waals surface area (Å²) in [7, 11) is 0. The van der Waals surface area contributed by atoms with Gasteiger partial charge in [-0.15, -0.1) is 0 Å². The van der Waals surface area contributed by atoms with Crippen molar-refractivity contribution in [3.63, 3.8) is 0 Å². The number of hydrogen-bond acceptors (Lipinski definition) is 4. The Morgan fingerprint density at radius 2 is 1.90 bits per heavy atom. The first-order valence-corrected chi connectivity index (χ1v) is 10.6. The van der Waals surface area contributed by atoms with E-state index in [4.69, 9.17) is 51.8 Å². The van der Waals surface area contributed by atoms with Gasteiger partial charge in [0.05, 0.1) is 26.9 Å². The first-order valence-electron chi connectivity index (χ1n) is 9.04. The van der Waals surface area contributed by atoms with Crippen LogP contribution >= 0.6 is 47.0 Å². The third-order valence-corrected chi connectivity index (χ3v) is 5.83. The van der Waals surface area contributed by atoms with Crippen molar-refractivity contribution < 1.29 is 14.3 Å². The van der Waals surface area contributed by atoms with Crippen LogP contribution in [0.3, 0.4) is 0 Å². The van der Waals surface area contributed by atoms with Gasteiger partial charge in [0.25, 0.3) is 11.8 Å². The number of benzene rings is 2. The van der Waals surface area contributed by atoms with Gasteiger partial charge in [0.15, 0.2) is 5.11 Å². The van der Waals surface area contributed by atoms with Crippen molar-refractivity contribution in [2.45, 2.75) is 26.4 Å². The molecule has 5 nitrogen and oxygen atoms in total. The molecule has 1 aliphatic heterocycles. The van der Waals surface area contributed by atoms with Gasteiger partial charge in [0.2, 0.25) is 0 Å². The summed E-state index contributed by atoms with van der Waals surface area (Å²) in [4.78, 5) is 26.7. The quantitative estimate of drug-likeness (QED) is 0.339. The van der Waals surface area contributed by atoms with Crippen molar-refractivity contribution in [3.05, 3.63) is 62.6 Å². The number of anilines is 1. The van der Waals surface area contributed by atoms with Crippen LogP contribution in [0.15, 0.2) is 42.0 Å². The number of carbonyl (C=O) groups is 2. The summed E-state index contributed by atoms with van der Waals surface area (Å²) in [5, 5.41) is 3.21. The van der Waals surface area contributed by atoms with Gasteiger partial charge in [-0.05, 0) is 61.5 Å². The molecule has 2 aromatic carbocycles. The Morgan fingerprint density at radius 3 is 2.57 bits per heavy atom. The lowest BCUT2D eigenvalue weighted by atomic mass is 10.1. The van der Waals surface area contributed by atoms with E-state index in [1.54, 1.807) is 36.4 Å². The van der Waals surface area contributed by atoms with E-state index in [2.05, 4.69) is 5.32 Å². The second-order valence-corrected chi connectivity index (χ2v) is 8.14. The molecule has 0 radical (unpaired) electrons. The molecule has 2 aromatic rings. The maximum Gasteiger partial charge on any atom is 0.270 e. The molecule has 1 N–H and O–H groups in total. The van der Waals surface area contributed by atoms with E-state index in [1.807, 2.05) is 13.8 Å². The van der Waals surface area contributed by atoms with Crippen LogP contribution in [0.2, 0.25) is 15.1 Å². The van der Waals surface area contributed by atoms with Crippen LogP contribution in [0.25, 0.3) is 6.08 Å². The molecule has 1 atom stereocenters. The number of rotatable bonds is 5. The van der Waals surface area contributed by atoms with Crippen molar-refractivity contribution in [1.82, 2.24) is 5.32 Å². The van der Waals surface area contributed by atoms with E-state index in [-0.39, 0.29) is 32.5 Å². The second kappa shape index (κ2) is 9.35. The lowest BCUT2D eigenvalue weighted by molar-refractivity contribution is -0.122. The molecule has 0 unspecified atom stereocenters. The molecule has 0 bridgehead atoms. The number of nitrogens with zero attached hydrogens (tertiary/aromatic N) is 1. The fourth-order valence-corrected chi connectivity index (χ4v) is 3.60. The highest BCUT2D eigenvalue weighted by Crippen LogP contribution is 2.34. The Labute approximate surface area is 194 Å². The van der Waals surface area contributed by atoms with E-state index < -0.39 is 11.8 Å². The summed E-state index contributed by atoms with van der Waals surface area (Å²) in [6.45, 7) is 3.95. The summed E-state index contributed by atoms with van der Waals surface area (Å²) < 4.78 is 5.74. The summed E-state index contributed by atoms with van der Waals surface area (Å²) in [5.74, 6) is -0.708. The zero-order valence-corrected chi connectivity index (χ0v) is 19.1. The molecule has 156 valence electrons. The van der Waals surface area contributed by atoms with Crippen molar-refractivity contribution in [3.8, 4) is 5.75 Å². The maximum atomic E-state index is 13.1. The zero-order chi connectivity index (χ0) is 22.0. The Kier molecular flexibility index (Phi) is 7.03. The van der Waals surface area contributed by atoms with Gasteiger partial charge < -0.3 is 4.74 Å². The third-order valence-electron chi connectivity index (χ3n) is 4.44. The van der Waals surface area contributed by atoms with Gasteiger partial charge in [-0.25, -0.2) is 0 Å². The van der Waals surface area contributed by atoms with Crippen LogP contribution in [0.1, 0.15) is 25.8 Å². The molecule has 9 heteroatoms. The van der Waals surface area contributed by atoms with Gasteiger partial charge in [0, 0.05) is 0 Å². The highest BCUT2D eigenvalue weighted by Gasteiger charge is 2.35. The summed E-state index contributed by atoms with van der Waals surface area (Å²) in [6, 6.07) is 9.84. The fourth-order valence-electron chi connectivity index (χ4n) is 2.71. The Morgan fingerprint density at radius 1 is 1.17 bits per heavy atom. The van der Waals surface area contributed by atoms with Crippen molar-refractivity contribution in [1.29, 1.82) is 0 Å². The largest absolute Gasteiger partial charge is 0.489 e. The Balaban J connectivity index is 1.97. The monoisotopic (exact) mass is 482 g/mol. The predicted molar refractivity (Wildman–Crippen MR) is 124 cm³/mol. The maximum absolute atomic E-state index is 13.1. The number of amides is 2. The van der Waals surface area contributed by atoms with Crippen LogP contribution in [0, 0.1) is 0 Å². The number of halogens is 3. The van der Waals surface area contributed by atoms with Gasteiger partial charge >= 0.3 is 0 Å². The molecule has 0 saturated carbocycles. The number of ether oxygens (including phenoxy) is 1. The first-order chi connectivity index (χ1) is 14.2. The number of carbonyl (C=O) groups excluding carboxylic acids is 2. The minimum Gasteiger partial charge on any atom is -0.489 e. The predicted octanol–water partition coefficient (Wildman–Crippen LogP) is 5.66. The molecule has 1 fully saturated rings. The van der Waals surface area contributed by atoms with Crippen LogP contribution in [-0.4, -0.2) is 23.0 Å². The van der Waals surface area contributed by atoms with E-state index >= 15 is 0 Å². The van der Waals surface area contributed by atoms with Gasteiger partial charge in [0.1, 0.15) is 11.3 Å². The minimum atomic E-state index is -0.621. The van der Waals surface area contributed by atoms with Crippen molar-refractivity contribution in [2.24, 2.45) is 0 Å². The number of nitrogens with one attached hydrogen (secondary N) is 1. The molecule has 0 aromatic heterocycles. The van der Waals surface area contributed by atoms with Crippen LogP contribution in [0.5, 0.6) is 5.75 Å². The molecule has 1 heterocycles. The van der Waals surface area contributed by atoms with E-state index in [9.17, 15) is 9.59 Å². The van der Waals surface area contributed by atoms with Gasteiger partial charge in [-0.3, -0.25) is 19.8 Å². The van der Waals surface area contributed by atoms with Crippen molar-refractivity contribution >= 4 is 75.7 Å². The molecule has 0 aliphatic carbocycles. The molecule has 30 heavy (non-hydrogen) atoms. The molecular formula is C21H17Cl3N2O3S. The van der Waals surface area contributed by atoms with E-state index in [0.717, 1.165) is 11.3 Å². The molecule has 3 rings (SSSR count). The lowest BCUT2D eigenvalue weighted by Gasteiger charge is -2.29. The van der Waals surface area contributed by atoms with Gasteiger partial charge in [-0.1, -0.05) is 53.9 Å². The summed E-state index contributed by atoms with van der Waals surface area (Å²) >= 11 is 23.8. The Hall–Kier alpha value is -2.12. The summed E-state index contributed by atoms with van der Waals surface area (Å²) in [5.41, 5.74) is 0.715. The lowest BCUT2D eigenvalue weighted by Crippen LogP contribution is -2.54. The fraction of sp³-hybridized carbons (Fsp3) is 0.190. The van der Waals surface area contributed by atoms with Crippen LogP contribution in [-0.2, 0) is 9.59 Å². The second-order valence-electron chi connectivity index (χ2n) is 6.56. The minimum absolute atomic E-state index is 0.00872. The summed E-state index contributed by atoms with van der Waals surface area (Å²) in [6.07, 6.45) is 2.28. The third kappa shape index (κ3) is 4.62. The average Bonchev–Trinajstić information content (AvgIpc) is 2.70. The number of hydrogen-bond donors (Lipinski definition) is 1. The van der Waals surface area contributed by atoms with E-state index in [0.29, 0.717) is 16.3 Å².